The number of fused-ring (bicyclic) bond motifs is 1. The van der Waals surface area contributed by atoms with E-state index in [4.69, 9.17) is 4.74 Å². The maximum absolute atomic E-state index is 10.3. The van der Waals surface area contributed by atoms with Gasteiger partial charge in [0, 0.05) is 18.2 Å². The Morgan fingerprint density at radius 1 is 1.17 bits per heavy atom. The molecule has 1 heterocycles. The summed E-state index contributed by atoms with van der Waals surface area (Å²) in [6.45, 7) is 5.82. The van der Waals surface area contributed by atoms with Gasteiger partial charge >= 0.3 is 0 Å². The molecule has 0 amide bonds. The Balaban J connectivity index is 1.51. The minimum atomic E-state index is -0.142. The van der Waals surface area contributed by atoms with Crippen LogP contribution in [0.15, 0.2) is 42.5 Å². The monoisotopic (exact) mass is 325 g/mol. The highest BCUT2D eigenvalue weighted by Crippen LogP contribution is 2.37. The number of hydrogen-bond acceptors (Lipinski definition) is 3. The molecule has 0 spiro atoms. The van der Waals surface area contributed by atoms with Gasteiger partial charge in [-0.25, -0.2) is 0 Å². The van der Waals surface area contributed by atoms with E-state index in [1.165, 1.54) is 11.1 Å². The molecule has 0 aromatic heterocycles. The summed E-state index contributed by atoms with van der Waals surface area (Å²) in [6, 6.07) is 14.4. The lowest BCUT2D eigenvalue weighted by atomic mass is 9.93. The van der Waals surface area contributed by atoms with Crippen LogP contribution in [0.2, 0.25) is 0 Å². The number of aryl methyl sites for hydroxylation is 2. The number of phenolic OH excluding ortho intramolecular Hbond substituents is 1. The molecule has 1 aliphatic heterocycles. The zero-order valence-corrected chi connectivity index (χ0v) is 14.6. The first-order valence-corrected chi connectivity index (χ1v) is 8.82. The molecule has 0 saturated carbocycles. The molecule has 3 heteroatoms. The van der Waals surface area contributed by atoms with E-state index >= 15 is 0 Å². The second kappa shape index (κ2) is 7.27. The topological polar surface area (TPSA) is 41.5 Å². The molecule has 0 unspecified atom stereocenters. The first-order chi connectivity index (χ1) is 11.5. The summed E-state index contributed by atoms with van der Waals surface area (Å²) in [5.74, 6) is 1.15. The van der Waals surface area contributed by atoms with Crippen LogP contribution in [0, 0.1) is 0 Å². The van der Waals surface area contributed by atoms with Crippen LogP contribution in [-0.2, 0) is 19.4 Å². The van der Waals surface area contributed by atoms with Gasteiger partial charge in [-0.3, -0.25) is 0 Å². The minimum Gasteiger partial charge on any atom is -0.507 e. The molecule has 0 bridgehead atoms. The number of benzene rings is 2. The molecular weight excluding hydrogens is 298 g/mol. The normalized spacial score (nSPS) is 15.6. The van der Waals surface area contributed by atoms with Crippen LogP contribution in [-0.4, -0.2) is 17.3 Å². The molecule has 2 N–H and O–H groups in total. The van der Waals surface area contributed by atoms with E-state index in [-0.39, 0.29) is 5.60 Å². The average Bonchev–Trinajstić information content (AvgIpc) is 2.55. The highest BCUT2D eigenvalue weighted by molar-refractivity contribution is 5.47. The summed E-state index contributed by atoms with van der Waals surface area (Å²) in [5.41, 5.74) is 3.39. The lowest BCUT2D eigenvalue weighted by Gasteiger charge is -2.33. The Kier molecular flexibility index (Phi) is 5.10. The maximum atomic E-state index is 10.3. The third kappa shape index (κ3) is 4.30. The van der Waals surface area contributed by atoms with Gasteiger partial charge in [-0.15, -0.1) is 0 Å². The van der Waals surface area contributed by atoms with E-state index in [0.29, 0.717) is 12.3 Å². The number of rotatable bonds is 6. The first-order valence-electron chi connectivity index (χ1n) is 8.82. The van der Waals surface area contributed by atoms with E-state index in [0.717, 1.165) is 43.5 Å². The molecule has 0 fully saturated rings. The Labute approximate surface area is 144 Å². The summed E-state index contributed by atoms with van der Waals surface area (Å²) < 4.78 is 5.97. The van der Waals surface area contributed by atoms with Gasteiger partial charge < -0.3 is 15.2 Å². The highest BCUT2D eigenvalue weighted by Gasteiger charge is 2.27. The fourth-order valence-electron chi connectivity index (χ4n) is 3.17. The summed E-state index contributed by atoms with van der Waals surface area (Å²) in [5, 5.41) is 13.7. The standard InChI is InChI=1S/C21H27NO2/c1-21(2)11-10-17-13-18(19(23)14-20(17)24-21)15-22-12-6-9-16-7-4-3-5-8-16/h3-5,7-8,13-14,22-23H,6,9-12,15H2,1-2H3. The zero-order valence-electron chi connectivity index (χ0n) is 14.6. The maximum Gasteiger partial charge on any atom is 0.127 e. The lowest BCUT2D eigenvalue weighted by molar-refractivity contribution is 0.0843. The SMILES string of the molecule is CC1(C)CCc2cc(CNCCCc3ccccc3)c(O)cc2O1. The number of phenols is 1. The van der Waals surface area contributed by atoms with Gasteiger partial charge in [0.15, 0.2) is 0 Å². The van der Waals surface area contributed by atoms with Crippen molar-refractivity contribution in [2.24, 2.45) is 0 Å². The Morgan fingerprint density at radius 3 is 2.75 bits per heavy atom. The fourth-order valence-corrected chi connectivity index (χ4v) is 3.17. The third-order valence-corrected chi connectivity index (χ3v) is 4.62. The van der Waals surface area contributed by atoms with Crippen LogP contribution in [0.1, 0.15) is 43.4 Å². The molecular formula is C21H27NO2. The van der Waals surface area contributed by atoms with E-state index in [2.05, 4.69) is 49.5 Å². The Hall–Kier alpha value is -2.00. The smallest absolute Gasteiger partial charge is 0.127 e. The van der Waals surface area contributed by atoms with Crippen molar-refractivity contribution in [3.63, 3.8) is 0 Å². The molecule has 3 nitrogen and oxygen atoms in total. The van der Waals surface area contributed by atoms with Gasteiger partial charge in [0.1, 0.15) is 17.1 Å². The third-order valence-electron chi connectivity index (χ3n) is 4.62. The second-order valence-corrected chi connectivity index (χ2v) is 7.22. The van der Waals surface area contributed by atoms with E-state index < -0.39 is 0 Å². The van der Waals surface area contributed by atoms with Crippen LogP contribution in [0.5, 0.6) is 11.5 Å². The van der Waals surface area contributed by atoms with Gasteiger partial charge in [-0.05, 0) is 63.3 Å². The lowest BCUT2D eigenvalue weighted by Crippen LogP contribution is -2.32. The molecule has 0 radical (unpaired) electrons. The molecule has 0 saturated heterocycles. The predicted molar refractivity (Wildman–Crippen MR) is 97.6 cm³/mol. The van der Waals surface area contributed by atoms with Gasteiger partial charge in [0.2, 0.25) is 0 Å². The molecule has 128 valence electrons. The Bertz CT molecular complexity index is 680. The van der Waals surface area contributed by atoms with Crippen LogP contribution < -0.4 is 10.1 Å². The number of ether oxygens (including phenoxy) is 1. The summed E-state index contributed by atoms with van der Waals surface area (Å²) in [6.07, 6.45) is 4.18. The Morgan fingerprint density at radius 2 is 1.96 bits per heavy atom. The number of aromatic hydroxyl groups is 1. The number of hydrogen-bond donors (Lipinski definition) is 2. The quantitative estimate of drug-likeness (QED) is 0.781. The van der Waals surface area contributed by atoms with Crippen molar-refractivity contribution in [2.75, 3.05) is 6.54 Å². The zero-order chi connectivity index (χ0) is 17.0. The van der Waals surface area contributed by atoms with Crippen molar-refractivity contribution in [3.8, 4) is 11.5 Å². The van der Waals surface area contributed by atoms with Crippen molar-refractivity contribution < 1.29 is 9.84 Å². The van der Waals surface area contributed by atoms with Crippen molar-refractivity contribution in [1.82, 2.24) is 5.32 Å². The number of nitrogens with one attached hydrogen (secondary N) is 1. The van der Waals surface area contributed by atoms with Crippen molar-refractivity contribution >= 4 is 0 Å². The van der Waals surface area contributed by atoms with Crippen LogP contribution in [0.4, 0.5) is 0 Å². The molecule has 2 aromatic carbocycles. The van der Waals surface area contributed by atoms with E-state index in [9.17, 15) is 5.11 Å². The average molecular weight is 325 g/mol. The van der Waals surface area contributed by atoms with E-state index in [1.807, 2.05) is 6.07 Å². The molecule has 2 aromatic rings. The fraction of sp³-hybridized carbons (Fsp3) is 0.429. The van der Waals surface area contributed by atoms with Gasteiger partial charge in [-0.2, -0.15) is 0 Å². The first kappa shape index (κ1) is 16.8. The summed E-state index contributed by atoms with van der Waals surface area (Å²) in [4.78, 5) is 0. The van der Waals surface area contributed by atoms with Crippen molar-refractivity contribution in [1.29, 1.82) is 0 Å². The summed E-state index contributed by atoms with van der Waals surface area (Å²) >= 11 is 0. The largest absolute Gasteiger partial charge is 0.507 e. The van der Waals surface area contributed by atoms with E-state index in [1.54, 1.807) is 6.07 Å². The molecule has 0 aliphatic carbocycles. The molecule has 3 rings (SSSR count). The second-order valence-electron chi connectivity index (χ2n) is 7.22. The molecule has 24 heavy (non-hydrogen) atoms. The predicted octanol–water partition coefficient (Wildman–Crippen LogP) is 4.22. The molecule has 0 atom stereocenters. The van der Waals surface area contributed by atoms with Gasteiger partial charge in [0.05, 0.1) is 0 Å². The highest BCUT2D eigenvalue weighted by atomic mass is 16.5. The van der Waals surface area contributed by atoms with Gasteiger partial charge in [0.25, 0.3) is 0 Å². The molecule has 1 aliphatic rings. The van der Waals surface area contributed by atoms with Gasteiger partial charge in [-0.1, -0.05) is 30.3 Å². The van der Waals surface area contributed by atoms with Crippen LogP contribution in [0.3, 0.4) is 0 Å². The van der Waals surface area contributed by atoms with Crippen LogP contribution >= 0.6 is 0 Å². The summed E-state index contributed by atoms with van der Waals surface area (Å²) in [7, 11) is 0. The van der Waals surface area contributed by atoms with Crippen molar-refractivity contribution in [3.05, 3.63) is 59.2 Å². The minimum absolute atomic E-state index is 0.142. The van der Waals surface area contributed by atoms with Crippen LogP contribution in [0.25, 0.3) is 0 Å². The van der Waals surface area contributed by atoms with Crippen molar-refractivity contribution in [2.45, 2.75) is 51.7 Å².